The number of carbonyl (C=O) groups excluding carboxylic acids is 4. The van der Waals surface area contributed by atoms with Gasteiger partial charge in [-0.15, -0.1) is 0 Å². The van der Waals surface area contributed by atoms with Gasteiger partial charge in [-0.2, -0.15) is 16.3 Å². The standard InChI is InChI=1S/C20H16N4O6S/c1-24-19(27)13-3-2-12(8-14(13)20(24)28)21-15(25)9-29-17(26)5-4-16-22-18(23-30-16)11-6-7-31-10-11/h2-3,6-8,10H,4-5,9H2,1H3,(H,21,25). The highest BCUT2D eigenvalue weighted by Gasteiger charge is 2.32. The summed E-state index contributed by atoms with van der Waals surface area (Å²) >= 11 is 1.51. The molecule has 0 bridgehead atoms. The first-order valence-electron chi connectivity index (χ1n) is 9.19. The van der Waals surface area contributed by atoms with Gasteiger partial charge in [-0.1, -0.05) is 5.16 Å². The first-order valence-corrected chi connectivity index (χ1v) is 10.1. The molecule has 1 aliphatic heterocycles. The monoisotopic (exact) mass is 440 g/mol. The first kappa shape index (κ1) is 20.4. The van der Waals surface area contributed by atoms with E-state index in [0.717, 1.165) is 10.5 Å². The van der Waals surface area contributed by atoms with Crippen molar-refractivity contribution in [2.45, 2.75) is 12.8 Å². The summed E-state index contributed by atoms with van der Waals surface area (Å²) in [5.41, 5.74) is 1.65. The Bertz CT molecular complexity index is 1170. The fraction of sp³-hybridized carbons (Fsp3) is 0.200. The van der Waals surface area contributed by atoms with Crippen LogP contribution >= 0.6 is 11.3 Å². The van der Waals surface area contributed by atoms with Crippen LogP contribution in [0.25, 0.3) is 11.4 Å². The van der Waals surface area contributed by atoms with Crippen molar-refractivity contribution in [2.75, 3.05) is 19.0 Å². The molecule has 11 heteroatoms. The first-order chi connectivity index (χ1) is 14.9. The summed E-state index contributed by atoms with van der Waals surface area (Å²) in [5.74, 6) is -1.26. The Morgan fingerprint density at radius 2 is 2.00 bits per heavy atom. The minimum absolute atomic E-state index is 0.0274. The van der Waals surface area contributed by atoms with Crippen LogP contribution in [0, 0.1) is 0 Å². The molecule has 1 aliphatic rings. The molecular formula is C20H16N4O6S. The molecule has 3 amide bonds. The minimum Gasteiger partial charge on any atom is -0.456 e. The Morgan fingerprint density at radius 1 is 1.19 bits per heavy atom. The van der Waals surface area contributed by atoms with Crippen LogP contribution in [0.15, 0.2) is 39.5 Å². The van der Waals surface area contributed by atoms with Gasteiger partial charge in [-0.05, 0) is 29.6 Å². The molecule has 0 spiro atoms. The van der Waals surface area contributed by atoms with Crippen molar-refractivity contribution >= 4 is 40.7 Å². The zero-order chi connectivity index (χ0) is 22.0. The molecule has 31 heavy (non-hydrogen) atoms. The van der Waals surface area contributed by atoms with Crippen molar-refractivity contribution < 1.29 is 28.4 Å². The molecule has 3 aromatic rings. The van der Waals surface area contributed by atoms with Crippen molar-refractivity contribution in [3.8, 4) is 11.4 Å². The Kier molecular flexibility index (Phi) is 5.58. The number of thiophene rings is 1. The van der Waals surface area contributed by atoms with Crippen LogP contribution in [0.2, 0.25) is 0 Å². The van der Waals surface area contributed by atoms with Gasteiger partial charge in [-0.25, -0.2) is 0 Å². The molecule has 2 aromatic heterocycles. The Balaban J connectivity index is 1.24. The van der Waals surface area contributed by atoms with Crippen LogP contribution in [0.5, 0.6) is 0 Å². The lowest BCUT2D eigenvalue weighted by molar-refractivity contribution is -0.147. The maximum Gasteiger partial charge on any atom is 0.306 e. The second kappa shape index (κ2) is 8.48. The summed E-state index contributed by atoms with van der Waals surface area (Å²) in [4.78, 5) is 53.1. The molecule has 0 aliphatic carbocycles. The number of amides is 3. The largest absolute Gasteiger partial charge is 0.456 e. The third-order valence-electron chi connectivity index (χ3n) is 4.53. The summed E-state index contributed by atoms with van der Waals surface area (Å²) in [6.07, 6.45) is 0.159. The average Bonchev–Trinajstić information content (AvgIpc) is 3.49. The highest BCUT2D eigenvalue weighted by molar-refractivity contribution is 7.08. The smallest absolute Gasteiger partial charge is 0.306 e. The number of aryl methyl sites for hydroxylation is 1. The number of ether oxygens (including phenoxy) is 1. The van der Waals surface area contributed by atoms with E-state index in [2.05, 4.69) is 15.5 Å². The minimum atomic E-state index is -0.596. The van der Waals surface area contributed by atoms with Crippen LogP contribution in [0.3, 0.4) is 0 Å². The fourth-order valence-corrected chi connectivity index (χ4v) is 3.56. The van der Waals surface area contributed by atoms with Crippen LogP contribution in [0.4, 0.5) is 5.69 Å². The summed E-state index contributed by atoms with van der Waals surface area (Å²) in [6, 6.07) is 6.25. The lowest BCUT2D eigenvalue weighted by Crippen LogP contribution is -2.24. The van der Waals surface area contributed by atoms with Gasteiger partial charge in [0.05, 0.1) is 17.5 Å². The second-order valence-electron chi connectivity index (χ2n) is 6.66. The van der Waals surface area contributed by atoms with Gasteiger partial charge in [0.2, 0.25) is 11.7 Å². The van der Waals surface area contributed by atoms with E-state index in [9.17, 15) is 19.2 Å². The van der Waals surface area contributed by atoms with E-state index < -0.39 is 30.3 Å². The summed E-state index contributed by atoms with van der Waals surface area (Å²) in [5, 5.41) is 10.2. The van der Waals surface area contributed by atoms with Gasteiger partial charge in [-0.3, -0.25) is 24.1 Å². The van der Waals surface area contributed by atoms with Crippen molar-refractivity contribution in [1.29, 1.82) is 0 Å². The number of hydrogen-bond acceptors (Lipinski definition) is 9. The van der Waals surface area contributed by atoms with E-state index in [-0.39, 0.29) is 24.0 Å². The molecule has 3 heterocycles. The van der Waals surface area contributed by atoms with Crippen LogP contribution in [-0.2, 0) is 20.7 Å². The summed E-state index contributed by atoms with van der Waals surface area (Å²) in [7, 11) is 1.39. The zero-order valence-corrected chi connectivity index (χ0v) is 17.1. The van der Waals surface area contributed by atoms with Gasteiger partial charge >= 0.3 is 5.97 Å². The maximum atomic E-state index is 12.0. The normalized spacial score (nSPS) is 12.7. The molecule has 4 rings (SSSR count). The molecule has 10 nitrogen and oxygen atoms in total. The van der Waals surface area contributed by atoms with Crippen LogP contribution in [-0.4, -0.2) is 52.4 Å². The topological polar surface area (TPSA) is 132 Å². The SMILES string of the molecule is CN1C(=O)c2ccc(NC(=O)COC(=O)CCc3nc(-c4ccsc4)no3)cc2C1=O. The highest BCUT2D eigenvalue weighted by Crippen LogP contribution is 2.24. The number of hydrogen-bond donors (Lipinski definition) is 1. The van der Waals surface area contributed by atoms with Crippen molar-refractivity contribution in [1.82, 2.24) is 15.0 Å². The molecule has 0 saturated heterocycles. The Hall–Kier alpha value is -3.86. The molecule has 0 fully saturated rings. The van der Waals surface area contributed by atoms with Gasteiger partial charge in [0.25, 0.3) is 17.7 Å². The van der Waals surface area contributed by atoms with E-state index in [1.165, 1.54) is 36.6 Å². The number of nitrogens with zero attached hydrogens (tertiary/aromatic N) is 3. The number of rotatable bonds is 7. The number of carbonyl (C=O) groups is 4. The maximum absolute atomic E-state index is 12.0. The highest BCUT2D eigenvalue weighted by atomic mass is 32.1. The van der Waals surface area contributed by atoms with Gasteiger partial charge in [0, 0.05) is 30.1 Å². The third kappa shape index (κ3) is 4.36. The van der Waals surface area contributed by atoms with E-state index in [0.29, 0.717) is 17.4 Å². The van der Waals surface area contributed by atoms with E-state index >= 15 is 0 Å². The summed E-state index contributed by atoms with van der Waals surface area (Å²) in [6.45, 7) is -0.493. The van der Waals surface area contributed by atoms with Crippen LogP contribution in [0.1, 0.15) is 33.0 Å². The van der Waals surface area contributed by atoms with Crippen molar-refractivity contribution in [3.05, 3.63) is 52.0 Å². The van der Waals surface area contributed by atoms with E-state index in [1.54, 1.807) is 0 Å². The predicted octanol–water partition coefficient (Wildman–Crippen LogP) is 2.14. The quantitative estimate of drug-likeness (QED) is 0.437. The average molecular weight is 440 g/mol. The molecule has 1 N–H and O–H groups in total. The molecule has 0 radical (unpaired) electrons. The number of aromatic nitrogens is 2. The third-order valence-corrected chi connectivity index (χ3v) is 5.21. The fourth-order valence-electron chi connectivity index (χ4n) is 2.93. The summed E-state index contributed by atoms with van der Waals surface area (Å²) < 4.78 is 10.1. The molecule has 1 aromatic carbocycles. The number of anilines is 1. The zero-order valence-electron chi connectivity index (χ0n) is 16.3. The van der Waals surface area contributed by atoms with Gasteiger partial charge in [0.15, 0.2) is 6.61 Å². The molecular weight excluding hydrogens is 424 g/mol. The van der Waals surface area contributed by atoms with Crippen molar-refractivity contribution in [3.63, 3.8) is 0 Å². The lowest BCUT2D eigenvalue weighted by atomic mass is 10.1. The molecule has 0 atom stereocenters. The van der Waals surface area contributed by atoms with E-state index in [1.807, 2.05) is 16.8 Å². The van der Waals surface area contributed by atoms with Crippen molar-refractivity contribution in [2.24, 2.45) is 0 Å². The van der Waals surface area contributed by atoms with Crippen LogP contribution < -0.4 is 5.32 Å². The number of imide groups is 1. The number of nitrogens with one attached hydrogen (secondary N) is 1. The number of esters is 1. The number of benzene rings is 1. The van der Waals surface area contributed by atoms with Gasteiger partial charge < -0.3 is 14.6 Å². The van der Waals surface area contributed by atoms with E-state index in [4.69, 9.17) is 9.26 Å². The van der Waals surface area contributed by atoms with Gasteiger partial charge in [0.1, 0.15) is 0 Å². The predicted molar refractivity (Wildman–Crippen MR) is 108 cm³/mol. The molecule has 158 valence electrons. The molecule has 0 unspecified atom stereocenters. The molecule has 0 saturated carbocycles. The Morgan fingerprint density at radius 3 is 2.77 bits per heavy atom. The lowest BCUT2D eigenvalue weighted by Gasteiger charge is -2.07. The second-order valence-corrected chi connectivity index (χ2v) is 7.44. The number of fused-ring (bicyclic) bond motifs is 1. The Labute approximate surface area is 179 Å².